The van der Waals surface area contributed by atoms with Gasteiger partial charge in [-0.25, -0.2) is 0 Å². The molecule has 1 N–H and O–H groups in total. The Bertz CT molecular complexity index is 443. The second kappa shape index (κ2) is 5.66. The highest BCUT2D eigenvalue weighted by Crippen LogP contribution is 2.10. The molecule has 0 aliphatic heterocycles. The summed E-state index contributed by atoms with van der Waals surface area (Å²) in [5, 5.41) is 2.56. The molecule has 17 heavy (non-hydrogen) atoms. The van der Waals surface area contributed by atoms with Gasteiger partial charge in [-0.3, -0.25) is 9.59 Å². The number of rotatable bonds is 5. The third kappa shape index (κ3) is 3.19. The lowest BCUT2D eigenvalue weighted by atomic mass is 9.83. The van der Waals surface area contributed by atoms with E-state index in [1.807, 2.05) is 6.07 Å². The average molecular weight is 231 g/mol. The van der Waals surface area contributed by atoms with Crippen LogP contribution in [-0.2, 0) is 16.0 Å². The maximum atomic E-state index is 11.4. The molecule has 0 aliphatic carbocycles. The summed E-state index contributed by atoms with van der Waals surface area (Å²) in [6.07, 6.45) is 1.14. The van der Waals surface area contributed by atoms with Crippen molar-refractivity contribution in [2.75, 3.05) is 0 Å². The number of benzene rings is 1. The number of hydrogen-bond donors (Lipinski definition) is 1. The van der Waals surface area contributed by atoms with Gasteiger partial charge in [-0.15, -0.1) is 0 Å². The normalized spacial score (nSPS) is 11.9. The van der Waals surface area contributed by atoms with Crippen LogP contribution >= 0.6 is 0 Å². The van der Waals surface area contributed by atoms with Gasteiger partial charge < -0.3 is 5.32 Å². The first-order valence-electron chi connectivity index (χ1n) is 5.73. The van der Waals surface area contributed by atoms with Crippen LogP contribution in [0.1, 0.15) is 23.6 Å². The Labute approximate surface area is 103 Å². The van der Waals surface area contributed by atoms with Crippen LogP contribution in [0.15, 0.2) is 12.1 Å². The zero-order chi connectivity index (χ0) is 13.0. The summed E-state index contributed by atoms with van der Waals surface area (Å²) in [6, 6.07) is 3.66. The summed E-state index contributed by atoms with van der Waals surface area (Å²) in [7, 11) is 2.07. The van der Waals surface area contributed by atoms with Crippen LogP contribution in [0, 0.1) is 13.8 Å². The van der Waals surface area contributed by atoms with Crippen molar-refractivity contribution >= 4 is 25.5 Å². The Hall–Kier alpha value is -1.58. The third-order valence-electron chi connectivity index (χ3n) is 3.35. The molecule has 0 spiro atoms. The van der Waals surface area contributed by atoms with Crippen LogP contribution in [0.3, 0.4) is 0 Å². The molecule has 0 fully saturated rings. The zero-order valence-corrected chi connectivity index (χ0v) is 10.8. The van der Waals surface area contributed by atoms with Crippen molar-refractivity contribution in [3.05, 3.63) is 28.8 Å². The first-order chi connectivity index (χ1) is 7.97. The molecule has 3 nitrogen and oxygen atoms in total. The van der Waals surface area contributed by atoms with Crippen LogP contribution in [0.4, 0.5) is 0 Å². The van der Waals surface area contributed by atoms with E-state index in [1.165, 1.54) is 23.5 Å². The number of carbonyl (C=O) groups excluding carboxylic acids is 2. The van der Waals surface area contributed by atoms with Crippen LogP contribution in [-0.4, -0.2) is 26.1 Å². The molecule has 1 aromatic carbocycles. The number of ketones is 1. The Balaban J connectivity index is 2.97. The monoisotopic (exact) mass is 231 g/mol. The minimum atomic E-state index is -0.423. The predicted molar refractivity (Wildman–Crippen MR) is 71.5 cm³/mol. The summed E-state index contributed by atoms with van der Waals surface area (Å²) in [5.41, 5.74) is 4.80. The third-order valence-corrected chi connectivity index (χ3v) is 3.35. The molecule has 4 heteroatoms. The van der Waals surface area contributed by atoms with E-state index in [2.05, 4.69) is 33.1 Å². The molecule has 0 saturated heterocycles. The summed E-state index contributed by atoms with van der Waals surface area (Å²) in [6.45, 7) is 5.62. The lowest BCUT2D eigenvalue weighted by molar-refractivity contribution is -0.121. The summed E-state index contributed by atoms with van der Waals surface area (Å²) < 4.78 is 0. The second-order valence-corrected chi connectivity index (χ2v) is 4.44. The lowest BCUT2D eigenvalue weighted by Gasteiger charge is -2.16. The van der Waals surface area contributed by atoms with Gasteiger partial charge >= 0.3 is 0 Å². The van der Waals surface area contributed by atoms with Gasteiger partial charge in [0.25, 0.3) is 0 Å². The topological polar surface area (TPSA) is 46.2 Å². The van der Waals surface area contributed by atoms with E-state index >= 15 is 0 Å². The van der Waals surface area contributed by atoms with Gasteiger partial charge in [-0.1, -0.05) is 28.7 Å². The van der Waals surface area contributed by atoms with Crippen molar-refractivity contribution in [1.29, 1.82) is 0 Å². The Morgan fingerprint density at radius 1 is 1.47 bits per heavy atom. The number of carbonyl (C=O) groups is 2. The first-order valence-corrected chi connectivity index (χ1v) is 5.73. The van der Waals surface area contributed by atoms with Gasteiger partial charge in [0.05, 0.1) is 6.04 Å². The Morgan fingerprint density at radius 3 is 2.65 bits per heavy atom. The SMILES string of the molecule is Bc1c(C)ccc(CC(NC=O)C(C)=O)c1C. The van der Waals surface area contributed by atoms with E-state index < -0.39 is 6.04 Å². The van der Waals surface area contributed by atoms with Crippen molar-refractivity contribution in [3.63, 3.8) is 0 Å². The van der Waals surface area contributed by atoms with Gasteiger partial charge in [0.1, 0.15) is 7.85 Å². The molecule has 0 heterocycles. The molecule has 1 aromatic rings. The molecule has 0 aromatic heterocycles. The maximum Gasteiger partial charge on any atom is 0.207 e. The molecule has 1 atom stereocenters. The molecule has 0 radical (unpaired) electrons. The molecule has 1 rings (SSSR count). The molecule has 0 saturated carbocycles. The van der Waals surface area contributed by atoms with Crippen molar-refractivity contribution in [1.82, 2.24) is 5.32 Å². The molecular weight excluding hydrogens is 213 g/mol. The predicted octanol–water partition coefficient (Wildman–Crippen LogP) is -0.192. The van der Waals surface area contributed by atoms with Crippen LogP contribution in [0.2, 0.25) is 0 Å². The van der Waals surface area contributed by atoms with Gasteiger partial charge in [0, 0.05) is 0 Å². The van der Waals surface area contributed by atoms with E-state index in [-0.39, 0.29) is 5.78 Å². The van der Waals surface area contributed by atoms with E-state index in [1.54, 1.807) is 0 Å². The van der Waals surface area contributed by atoms with E-state index in [0.29, 0.717) is 12.8 Å². The molecule has 1 amide bonds. The van der Waals surface area contributed by atoms with Crippen molar-refractivity contribution in [3.8, 4) is 0 Å². The highest BCUT2D eigenvalue weighted by atomic mass is 16.1. The smallest absolute Gasteiger partial charge is 0.207 e. The standard InChI is InChI=1S/C13H18BNO2/c1-8-4-5-11(9(2)13(8)14)6-12(10(3)17)15-7-16/h4-5,7,12H,6,14H2,1-3H3,(H,15,16). The summed E-state index contributed by atoms with van der Waals surface area (Å²) in [4.78, 5) is 21.8. The highest BCUT2D eigenvalue weighted by Gasteiger charge is 2.15. The van der Waals surface area contributed by atoms with Crippen molar-refractivity contribution in [2.45, 2.75) is 33.2 Å². The van der Waals surface area contributed by atoms with Crippen LogP contribution in [0.25, 0.3) is 0 Å². The quantitative estimate of drug-likeness (QED) is 0.563. The molecule has 0 aliphatic rings. The number of hydrogen-bond acceptors (Lipinski definition) is 2. The summed E-state index contributed by atoms with van der Waals surface area (Å²) >= 11 is 0. The van der Waals surface area contributed by atoms with E-state index in [9.17, 15) is 9.59 Å². The Kier molecular flexibility index (Phi) is 4.49. The van der Waals surface area contributed by atoms with E-state index in [4.69, 9.17) is 0 Å². The second-order valence-electron chi connectivity index (χ2n) is 4.44. The summed E-state index contributed by atoms with van der Waals surface area (Å²) in [5.74, 6) is -0.0188. The minimum Gasteiger partial charge on any atom is -0.349 e. The number of Topliss-reactive ketones (excluding diaryl/α,β-unsaturated/α-hetero) is 1. The van der Waals surface area contributed by atoms with Crippen LogP contribution < -0.4 is 10.8 Å². The minimum absolute atomic E-state index is 0.0188. The zero-order valence-electron chi connectivity index (χ0n) is 10.8. The maximum absolute atomic E-state index is 11.4. The van der Waals surface area contributed by atoms with Crippen molar-refractivity contribution in [2.24, 2.45) is 0 Å². The average Bonchev–Trinajstić information content (AvgIpc) is 2.28. The van der Waals surface area contributed by atoms with Gasteiger partial charge in [0.15, 0.2) is 5.78 Å². The highest BCUT2D eigenvalue weighted by molar-refractivity contribution is 6.34. The number of aryl methyl sites for hydroxylation is 1. The molecular formula is C13H18BNO2. The molecule has 90 valence electrons. The van der Waals surface area contributed by atoms with Gasteiger partial charge in [0.2, 0.25) is 6.41 Å². The van der Waals surface area contributed by atoms with Gasteiger partial charge in [-0.05, 0) is 32.8 Å². The van der Waals surface area contributed by atoms with Crippen molar-refractivity contribution < 1.29 is 9.59 Å². The molecule has 0 bridgehead atoms. The first kappa shape index (κ1) is 13.5. The fraction of sp³-hybridized carbons (Fsp3) is 0.385. The fourth-order valence-corrected chi connectivity index (χ4v) is 1.86. The largest absolute Gasteiger partial charge is 0.349 e. The van der Waals surface area contributed by atoms with Crippen LogP contribution in [0.5, 0.6) is 0 Å². The lowest BCUT2D eigenvalue weighted by Crippen LogP contribution is -2.36. The molecule has 1 unspecified atom stereocenters. The van der Waals surface area contributed by atoms with E-state index in [0.717, 1.165) is 5.56 Å². The number of nitrogens with one attached hydrogen (secondary N) is 1. The number of amides is 1. The Morgan fingerprint density at radius 2 is 2.12 bits per heavy atom. The fourth-order valence-electron chi connectivity index (χ4n) is 1.86. The van der Waals surface area contributed by atoms with Gasteiger partial charge in [-0.2, -0.15) is 0 Å².